The molecule has 0 aliphatic heterocycles. The molecule has 2 aromatic rings. The summed E-state index contributed by atoms with van der Waals surface area (Å²) in [5.41, 5.74) is 4.25. The SMILES string of the molecule is CCCC(CCC)(c1ccc(O)c(C)c1)c1ccc(OCC(=O)OCC)c(C)c1. The van der Waals surface area contributed by atoms with Gasteiger partial charge >= 0.3 is 5.97 Å². The van der Waals surface area contributed by atoms with E-state index in [0.29, 0.717) is 18.1 Å². The number of phenols is 1. The van der Waals surface area contributed by atoms with Crippen LogP contribution in [0.3, 0.4) is 0 Å². The van der Waals surface area contributed by atoms with Crippen molar-refractivity contribution in [2.24, 2.45) is 0 Å². The van der Waals surface area contributed by atoms with E-state index in [4.69, 9.17) is 9.47 Å². The minimum absolute atomic E-state index is 0.0831. The molecule has 4 nitrogen and oxygen atoms in total. The van der Waals surface area contributed by atoms with E-state index < -0.39 is 0 Å². The monoisotopic (exact) mass is 398 g/mol. The van der Waals surface area contributed by atoms with Crippen molar-refractivity contribution >= 4 is 5.97 Å². The summed E-state index contributed by atoms with van der Waals surface area (Å²) in [5.74, 6) is 0.669. The van der Waals surface area contributed by atoms with E-state index in [-0.39, 0.29) is 18.0 Å². The molecule has 0 bridgehead atoms. The molecule has 0 amide bonds. The van der Waals surface area contributed by atoms with Crippen molar-refractivity contribution in [1.82, 2.24) is 0 Å². The first-order valence-electron chi connectivity index (χ1n) is 10.6. The first-order chi connectivity index (χ1) is 13.9. The Balaban J connectivity index is 2.44. The van der Waals surface area contributed by atoms with E-state index in [9.17, 15) is 9.90 Å². The van der Waals surface area contributed by atoms with Gasteiger partial charge in [0.1, 0.15) is 11.5 Å². The number of carbonyl (C=O) groups excluding carboxylic acids is 1. The van der Waals surface area contributed by atoms with Crippen LogP contribution < -0.4 is 4.74 Å². The molecule has 0 aliphatic carbocycles. The van der Waals surface area contributed by atoms with Gasteiger partial charge in [-0.1, -0.05) is 51.0 Å². The highest BCUT2D eigenvalue weighted by Gasteiger charge is 2.33. The number of hydrogen-bond donors (Lipinski definition) is 1. The van der Waals surface area contributed by atoms with E-state index in [1.807, 2.05) is 26.0 Å². The third-order valence-corrected chi connectivity index (χ3v) is 5.48. The lowest BCUT2D eigenvalue weighted by atomic mass is 9.68. The van der Waals surface area contributed by atoms with Gasteiger partial charge in [0.15, 0.2) is 6.61 Å². The van der Waals surface area contributed by atoms with Crippen molar-refractivity contribution in [3.8, 4) is 11.5 Å². The van der Waals surface area contributed by atoms with Crippen molar-refractivity contribution in [2.45, 2.75) is 65.7 Å². The number of rotatable bonds is 10. The van der Waals surface area contributed by atoms with Crippen LogP contribution in [-0.2, 0) is 14.9 Å². The maximum Gasteiger partial charge on any atom is 0.344 e. The average Bonchev–Trinajstić information content (AvgIpc) is 2.69. The summed E-state index contributed by atoms with van der Waals surface area (Å²) in [6.07, 6.45) is 4.15. The van der Waals surface area contributed by atoms with E-state index in [0.717, 1.165) is 36.8 Å². The number of ether oxygens (including phenoxy) is 2. The molecule has 0 unspecified atom stereocenters. The highest BCUT2D eigenvalue weighted by molar-refractivity contribution is 5.71. The number of esters is 1. The topological polar surface area (TPSA) is 55.8 Å². The van der Waals surface area contributed by atoms with Gasteiger partial charge in [0, 0.05) is 5.41 Å². The fraction of sp³-hybridized carbons (Fsp3) is 0.480. The molecule has 0 fully saturated rings. The lowest BCUT2D eigenvalue weighted by molar-refractivity contribution is -0.145. The molecular weight excluding hydrogens is 364 g/mol. The van der Waals surface area contributed by atoms with Gasteiger partial charge < -0.3 is 14.6 Å². The smallest absolute Gasteiger partial charge is 0.344 e. The Kier molecular flexibility index (Phi) is 8.12. The van der Waals surface area contributed by atoms with Crippen molar-refractivity contribution in [3.05, 3.63) is 58.7 Å². The average molecular weight is 399 g/mol. The van der Waals surface area contributed by atoms with Gasteiger partial charge in [-0.3, -0.25) is 0 Å². The molecule has 0 saturated heterocycles. The molecule has 0 aromatic heterocycles. The molecule has 1 N–H and O–H groups in total. The van der Waals surface area contributed by atoms with E-state index >= 15 is 0 Å². The van der Waals surface area contributed by atoms with Crippen molar-refractivity contribution in [2.75, 3.05) is 13.2 Å². The Labute approximate surface area is 174 Å². The van der Waals surface area contributed by atoms with Gasteiger partial charge in [-0.2, -0.15) is 0 Å². The fourth-order valence-electron chi connectivity index (χ4n) is 4.12. The summed E-state index contributed by atoms with van der Waals surface area (Å²) in [6.45, 7) is 10.4. The van der Waals surface area contributed by atoms with Crippen molar-refractivity contribution in [1.29, 1.82) is 0 Å². The highest BCUT2D eigenvalue weighted by atomic mass is 16.6. The molecule has 4 heteroatoms. The molecule has 2 aromatic carbocycles. The number of hydrogen-bond acceptors (Lipinski definition) is 4. The van der Waals surface area contributed by atoms with Gasteiger partial charge in [-0.25, -0.2) is 4.79 Å². The lowest BCUT2D eigenvalue weighted by Gasteiger charge is -2.36. The van der Waals surface area contributed by atoms with Crippen LogP contribution in [0.1, 0.15) is 68.7 Å². The number of benzene rings is 2. The number of aromatic hydroxyl groups is 1. The third kappa shape index (κ3) is 5.31. The zero-order valence-electron chi connectivity index (χ0n) is 18.4. The number of phenolic OH excluding ortho intramolecular Hbond substituents is 1. The lowest BCUT2D eigenvalue weighted by Crippen LogP contribution is -2.28. The molecule has 0 saturated carbocycles. The zero-order valence-corrected chi connectivity index (χ0v) is 18.4. The second kappa shape index (κ2) is 10.3. The zero-order chi connectivity index (χ0) is 21.4. The summed E-state index contributed by atoms with van der Waals surface area (Å²) in [7, 11) is 0. The predicted octanol–water partition coefficient (Wildman–Crippen LogP) is 5.84. The summed E-state index contributed by atoms with van der Waals surface area (Å²) < 4.78 is 10.6. The Morgan fingerprint density at radius 1 is 0.931 bits per heavy atom. The summed E-state index contributed by atoms with van der Waals surface area (Å²) in [6, 6.07) is 12.2. The highest BCUT2D eigenvalue weighted by Crippen LogP contribution is 2.43. The van der Waals surface area contributed by atoms with Crippen LogP contribution in [0.2, 0.25) is 0 Å². The summed E-state index contributed by atoms with van der Waals surface area (Å²) >= 11 is 0. The van der Waals surface area contributed by atoms with Crippen molar-refractivity contribution in [3.63, 3.8) is 0 Å². The molecule has 158 valence electrons. The largest absolute Gasteiger partial charge is 0.508 e. The standard InChI is InChI=1S/C25H34O4/c1-6-13-25(14-7-2,20-9-11-22(26)18(4)15-20)21-10-12-23(19(5)16-21)29-17-24(27)28-8-3/h9-12,15-16,26H,6-8,13-14,17H2,1-5H3. The van der Waals surface area contributed by atoms with Gasteiger partial charge in [0.05, 0.1) is 6.61 Å². The molecule has 0 spiro atoms. The Hall–Kier alpha value is -2.49. The van der Waals surface area contributed by atoms with Gasteiger partial charge in [0.25, 0.3) is 0 Å². The molecule has 2 rings (SSSR count). The van der Waals surface area contributed by atoms with Crippen LogP contribution in [0.15, 0.2) is 36.4 Å². The molecule has 29 heavy (non-hydrogen) atoms. The minimum Gasteiger partial charge on any atom is -0.508 e. The quantitative estimate of drug-likeness (QED) is 0.511. The second-order valence-corrected chi connectivity index (χ2v) is 7.66. The molecule has 0 heterocycles. The maximum absolute atomic E-state index is 11.6. The molecule has 0 atom stereocenters. The molecule has 0 radical (unpaired) electrons. The Bertz CT molecular complexity index is 820. The van der Waals surface area contributed by atoms with E-state index in [1.54, 1.807) is 13.0 Å². The third-order valence-electron chi connectivity index (χ3n) is 5.48. The normalized spacial score (nSPS) is 11.3. The summed E-state index contributed by atoms with van der Waals surface area (Å²) in [4.78, 5) is 11.6. The first kappa shape index (κ1) is 22.8. The Morgan fingerprint density at radius 2 is 1.52 bits per heavy atom. The molecular formula is C25H34O4. The first-order valence-corrected chi connectivity index (χ1v) is 10.6. The van der Waals surface area contributed by atoms with Crippen LogP contribution in [-0.4, -0.2) is 24.3 Å². The van der Waals surface area contributed by atoms with Crippen LogP contribution in [0, 0.1) is 13.8 Å². The minimum atomic E-state index is -0.359. The van der Waals surface area contributed by atoms with Gasteiger partial charge in [-0.05, 0) is 68.0 Å². The van der Waals surface area contributed by atoms with Crippen LogP contribution in [0.4, 0.5) is 0 Å². The second-order valence-electron chi connectivity index (χ2n) is 7.66. The van der Waals surface area contributed by atoms with Gasteiger partial charge in [0.2, 0.25) is 0 Å². The maximum atomic E-state index is 11.6. The summed E-state index contributed by atoms with van der Waals surface area (Å²) in [5, 5.41) is 10.0. The number of carbonyl (C=O) groups is 1. The predicted molar refractivity (Wildman–Crippen MR) is 117 cm³/mol. The fourth-order valence-corrected chi connectivity index (χ4v) is 4.12. The Morgan fingerprint density at radius 3 is 2.03 bits per heavy atom. The van der Waals surface area contributed by atoms with Gasteiger partial charge in [-0.15, -0.1) is 0 Å². The number of aryl methyl sites for hydroxylation is 2. The van der Waals surface area contributed by atoms with E-state index in [1.165, 1.54) is 11.1 Å². The van der Waals surface area contributed by atoms with E-state index in [2.05, 4.69) is 32.0 Å². The van der Waals surface area contributed by atoms with Crippen LogP contribution >= 0.6 is 0 Å². The van der Waals surface area contributed by atoms with Crippen molar-refractivity contribution < 1.29 is 19.4 Å². The molecule has 0 aliphatic rings. The van der Waals surface area contributed by atoms with Crippen LogP contribution in [0.5, 0.6) is 11.5 Å². The van der Waals surface area contributed by atoms with Crippen LogP contribution in [0.25, 0.3) is 0 Å².